The summed E-state index contributed by atoms with van der Waals surface area (Å²) in [4.78, 5) is 11.7. The number of nitrogens with zero attached hydrogens (tertiary/aromatic N) is 2. The second-order valence-electron chi connectivity index (χ2n) is 5.35. The highest BCUT2D eigenvalue weighted by molar-refractivity contribution is 5.91. The van der Waals surface area contributed by atoms with Crippen molar-refractivity contribution in [3.05, 3.63) is 59.9 Å². The fourth-order valence-electron chi connectivity index (χ4n) is 2.12. The van der Waals surface area contributed by atoms with Gasteiger partial charge in [-0.05, 0) is 25.0 Å². The van der Waals surface area contributed by atoms with Crippen LogP contribution >= 0.6 is 0 Å². The number of aryl methyl sites for hydroxylation is 1. The minimum Gasteiger partial charge on any atom is -0.374 e. The summed E-state index contributed by atoms with van der Waals surface area (Å²) < 4.78 is 7.46. The van der Waals surface area contributed by atoms with Gasteiger partial charge in [0.05, 0.1) is 12.3 Å². The first-order chi connectivity index (χ1) is 11.1. The summed E-state index contributed by atoms with van der Waals surface area (Å²) in [5.41, 5.74) is 2.07. The lowest BCUT2D eigenvalue weighted by atomic mass is 10.1. The topological polar surface area (TPSA) is 56.1 Å². The molecule has 1 amide bonds. The van der Waals surface area contributed by atoms with Gasteiger partial charge in [0.25, 0.3) is 0 Å². The lowest BCUT2D eigenvalue weighted by Crippen LogP contribution is -2.23. The first kappa shape index (κ1) is 17.0. The standard InChI is InChI=1S/C18H23N3O2/c1-15(17-7-4-3-5-8-17)23-12-6-11-19-18(22)10-9-16-13-20-21(2)14-16/h3-5,7-10,13-15H,6,11-12H2,1-2H3,(H,19,22)/b10-9-/t15-/m1/s1. The molecule has 23 heavy (non-hydrogen) atoms. The Hall–Kier alpha value is -2.40. The molecule has 1 atom stereocenters. The molecule has 0 radical (unpaired) electrons. The highest BCUT2D eigenvalue weighted by Gasteiger charge is 2.04. The van der Waals surface area contributed by atoms with E-state index in [1.165, 1.54) is 6.08 Å². The molecule has 0 saturated carbocycles. The van der Waals surface area contributed by atoms with Crippen LogP contribution in [-0.4, -0.2) is 28.8 Å². The smallest absolute Gasteiger partial charge is 0.244 e. The Balaban J connectivity index is 1.60. The number of carbonyl (C=O) groups is 1. The van der Waals surface area contributed by atoms with Crippen molar-refractivity contribution in [3.8, 4) is 0 Å². The van der Waals surface area contributed by atoms with Gasteiger partial charge in [-0.3, -0.25) is 9.48 Å². The fraction of sp³-hybridized carbons (Fsp3) is 0.333. The molecule has 0 spiro atoms. The molecule has 5 heteroatoms. The highest BCUT2D eigenvalue weighted by Crippen LogP contribution is 2.15. The average molecular weight is 313 g/mol. The number of benzene rings is 1. The number of amides is 1. The van der Waals surface area contributed by atoms with Gasteiger partial charge < -0.3 is 10.1 Å². The Kier molecular flexibility index (Phi) is 6.56. The van der Waals surface area contributed by atoms with Crippen molar-refractivity contribution < 1.29 is 9.53 Å². The van der Waals surface area contributed by atoms with E-state index in [-0.39, 0.29) is 12.0 Å². The van der Waals surface area contributed by atoms with Gasteiger partial charge in [0, 0.05) is 38.0 Å². The second kappa shape index (κ2) is 8.90. The minimum atomic E-state index is -0.107. The quantitative estimate of drug-likeness (QED) is 0.602. The molecule has 0 aliphatic heterocycles. The maximum atomic E-state index is 11.7. The van der Waals surface area contributed by atoms with E-state index >= 15 is 0 Å². The van der Waals surface area contributed by atoms with E-state index in [0.717, 1.165) is 17.5 Å². The van der Waals surface area contributed by atoms with Crippen LogP contribution in [0.25, 0.3) is 6.08 Å². The van der Waals surface area contributed by atoms with Crippen LogP contribution < -0.4 is 5.32 Å². The third-order valence-corrected chi connectivity index (χ3v) is 3.41. The van der Waals surface area contributed by atoms with E-state index in [1.54, 1.807) is 17.0 Å². The van der Waals surface area contributed by atoms with Crippen LogP contribution in [0.4, 0.5) is 0 Å². The zero-order chi connectivity index (χ0) is 16.5. The summed E-state index contributed by atoms with van der Waals surface area (Å²) in [7, 11) is 1.84. The van der Waals surface area contributed by atoms with Crippen LogP contribution in [-0.2, 0) is 16.6 Å². The van der Waals surface area contributed by atoms with Crippen LogP contribution in [0.2, 0.25) is 0 Å². The Morgan fingerprint density at radius 1 is 1.39 bits per heavy atom. The summed E-state index contributed by atoms with van der Waals surface area (Å²) in [6, 6.07) is 10.1. The van der Waals surface area contributed by atoms with Gasteiger partial charge in [-0.15, -0.1) is 0 Å². The van der Waals surface area contributed by atoms with Crippen molar-refractivity contribution in [2.45, 2.75) is 19.4 Å². The predicted molar refractivity (Wildman–Crippen MR) is 90.7 cm³/mol. The zero-order valence-electron chi connectivity index (χ0n) is 13.6. The molecule has 0 saturated heterocycles. The zero-order valence-corrected chi connectivity index (χ0v) is 13.6. The molecule has 0 aliphatic carbocycles. The Labute approximate surface area is 137 Å². The van der Waals surface area contributed by atoms with E-state index in [1.807, 2.05) is 38.4 Å². The first-order valence-corrected chi connectivity index (χ1v) is 7.76. The van der Waals surface area contributed by atoms with Gasteiger partial charge in [-0.2, -0.15) is 5.10 Å². The molecular weight excluding hydrogens is 290 g/mol. The van der Waals surface area contributed by atoms with Gasteiger partial charge >= 0.3 is 0 Å². The third-order valence-electron chi connectivity index (χ3n) is 3.41. The van der Waals surface area contributed by atoms with Crippen LogP contribution in [0.5, 0.6) is 0 Å². The molecule has 1 aromatic heterocycles. The van der Waals surface area contributed by atoms with Crippen molar-refractivity contribution in [3.63, 3.8) is 0 Å². The molecule has 1 heterocycles. The molecule has 1 aromatic carbocycles. The molecular formula is C18H23N3O2. The number of ether oxygens (including phenoxy) is 1. The summed E-state index contributed by atoms with van der Waals surface area (Å²) in [6.07, 6.45) is 7.67. The molecule has 0 fully saturated rings. The minimum absolute atomic E-state index is 0.0670. The monoisotopic (exact) mass is 313 g/mol. The van der Waals surface area contributed by atoms with E-state index < -0.39 is 0 Å². The van der Waals surface area contributed by atoms with E-state index in [0.29, 0.717) is 13.2 Å². The van der Waals surface area contributed by atoms with E-state index in [4.69, 9.17) is 4.74 Å². The van der Waals surface area contributed by atoms with Crippen molar-refractivity contribution in [1.29, 1.82) is 0 Å². The Morgan fingerprint density at radius 3 is 2.87 bits per heavy atom. The molecule has 0 unspecified atom stereocenters. The average Bonchev–Trinajstić information content (AvgIpc) is 2.98. The molecule has 1 N–H and O–H groups in total. The summed E-state index contributed by atoms with van der Waals surface area (Å²) in [5, 5.41) is 6.88. The Bertz CT molecular complexity index is 635. The number of nitrogens with one attached hydrogen (secondary N) is 1. The largest absolute Gasteiger partial charge is 0.374 e. The lowest BCUT2D eigenvalue weighted by Gasteiger charge is -2.13. The fourth-order valence-corrected chi connectivity index (χ4v) is 2.12. The molecule has 122 valence electrons. The van der Waals surface area contributed by atoms with Gasteiger partial charge in [-0.25, -0.2) is 0 Å². The van der Waals surface area contributed by atoms with Crippen LogP contribution in [0.15, 0.2) is 48.8 Å². The first-order valence-electron chi connectivity index (χ1n) is 7.76. The summed E-state index contributed by atoms with van der Waals surface area (Å²) >= 11 is 0. The number of rotatable bonds is 8. The van der Waals surface area contributed by atoms with Gasteiger partial charge in [0.2, 0.25) is 5.91 Å². The molecule has 2 aromatic rings. The molecule has 2 rings (SSSR count). The van der Waals surface area contributed by atoms with E-state index in [9.17, 15) is 4.79 Å². The third kappa shape index (κ3) is 6.08. The summed E-state index contributed by atoms with van der Waals surface area (Å²) in [5.74, 6) is -0.107. The Morgan fingerprint density at radius 2 is 2.17 bits per heavy atom. The lowest BCUT2D eigenvalue weighted by molar-refractivity contribution is -0.116. The van der Waals surface area contributed by atoms with Gasteiger partial charge in [0.15, 0.2) is 0 Å². The van der Waals surface area contributed by atoms with Crippen molar-refractivity contribution in [2.75, 3.05) is 13.2 Å². The summed E-state index contributed by atoms with van der Waals surface area (Å²) in [6.45, 7) is 3.24. The molecule has 5 nitrogen and oxygen atoms in total. The number of aromatic nitrogens is 2. The van der Waals surface area contributed by atoms with Crippen molar-refractivity contribution in [1.82, 2.24) is 15.1 Å². The maximum Gasteiger partial charge on any atom is 0.244 e. The number of hydrogen-bond donors (Lipinski definition) is 1. The SMILES string of the molecule is C[C@@H](OCCCNC(=O)/C=C\c1cnn(C)c1)c1ccccc1. The molecule has 0 aliphatic rings. The van der Waals surface area contributed by atoms with E-state index in [2.05, 4.69) is 22.5 Å². The van der Waals surface area contributed by atoms with Crippen molar-refractivity contribution in [2.24, 2.45) is 7.05 Å². The van der Waals surface area contributed by atoms with Gasteiger partial charge in [-0.1, -0.05) is 30.3 Å². The highest BCUT2D eigenvalue weighted by atomic mass is 16.5. The number of carbonyl (C=O) groups excluding carboxylic acids is 1. The predicted octanol–water partition coefficient (Wildman–Crippen LogP) is 2.72. The van der Waals surface area contributed by atoms with Crippen LogP contribution in [0.1, 0.15) is 30.6 Å². The molecule has 0 bridgehead atoms. The maximum absolute atomic E-state index is 11.7. The normalized spacial score (nSPS) is 12.4. The number of hydrogen-bond acceptors (Lipinski definition) is 3. The van der Waals surface area contributed by atoms with Crippen LogP contribution in [0, 0.1) is 0 Å². The van der Waals surface area contributed by atoms with Gasteiger partial charge in [0.1, 0.15) is 0 Å². The van der Waals surface area contributed by atoms with Crippen LogP contribution in [0.3, 0.4) is 0 Å². The van der Waals surface area contributed by atoms with Crippen molar-refractivity contribution >= 4 is 12.0 Å². The second-order valence-corrected chi connectivity index (χ2v) is 5.35.